The van der Waals surface area contributed by atoms with E-state index in [-0.39, 0.29) is 5.84 Å². The highest BCUT2D eigenvalue weighted by molar-refractivity contribution is 6.41. The maximum Gasteiger partial charge on any atom is 0.278 e. The molecule has 3 aromatic rings. The number of piperazine rings is 1. The minimum atomic E-state index is -0.444. The normalized spacial score (nSPS) is 14.9. The first kappa shape index (κ1) is 27.7. The number of halogens is 2. The molecule has 0 spiro atoms. The van der Waals surface area contributed by atoms with Crippen LogP contribution in [0.2, 0.25) is 10.0 Å². The van der Waals surface area contributed by atoms with Crippen molar-refractivity contribution in [2.24, 2.45) is 10.7 Å². The number of amidine groups is 1. The molecule has 1 amide bonds. The largest absolute Gasteiger partial charge is 0.495 e. The summed E-state index contributed by atoms with van der Waals surface area (Å²) in [5, 5.41) is 0.636. The highest BCUT2D eigenvalue weighted by atomic mass is 35.5. The summed E-state index contributed by atoms with van der Waals surface area (Å²) in [4.78, 5) is 21.6. The van der Waals surface area contributed by atoms with E-state index >= 15 is 0 Å². The number of amides is 1. The summed E-state index contributed by atoms with van der Waals surface area (Å²) in [6.45, 7) is 5.03. The SMILES string of the molecule is COc1cc(OC)c(Cl)c(-c2ccc(C(N)=NC(=O)c3ccc(CN4CCN(C)CC4)cc3)c(N)c2)c1Cl. The van der Waals surface area contributed by atoms with Crippen molar-refractivity contribution in [2.45, 2.75) is 6.54 Å². The Labute approximate surface area is 232 Å². The first-order valence-corrected chi connectivity index (χ1v) is 12.9. The molecule has 0 unspecified atom stereocenters. The lowest BCUT2D eigenvalue weighted by atomic mass is 10.0. The maximum atomic E-state index is 12.8. The Kier molecular flexibility index (Phi) is 8.79. The van der Waals surface area contributed by atoms with E-state index in [1.165, 1.54) is 14.2 Å². The highest BCUT2D eigenvalue weighted by Gasteiger charge is 2.20. The number of hydrogen-bond donors (Lipinski definition) is 2. The fourth-order valence-corrected chi connectivity index (χ4v) is 5.06. The number of nitrogen functional groups attached to an aromatic ring is 1. The lowest BCUT2D eigenvalue weighted by Gasteiger charge is -2.32. The van der Waals surface area contributed by atoms with Crippen LogP contribution in [0.1, 0.15) is 21.5 Å². The molecule has 1 aliphatic heterocycles. The number of nitrogens with two attached hydrogens (primary N) is 2. The molecule has 38 heavy (non-hydrogen) atoms. The summed E-state index contributed by atoms with van der Waals surface area (Å²) in [7, 11) is 5.14. The van der Waals surface area contributed by atoms with Gasteiger partial charge in [-0.3, -0.25) is 9.69 Å². The Balaban J connectivity index is 1.52. The molecule has 0 radical (unpaired) electrons. The summed E-state index contributed by atoms with van der Waals surface area (Å²) >= 11 is 13.1. The van der Waals surface area contributed by atoms with Crippen molar-refractivity contribution in [3.05, 3.63) is 75.3 Å². The molecule has 1 fully saturated rings. The van der Waals surface area contributed by atoms with Gasteiger partial charge in [-0.1, -0.05) is 41.4 Å². The molecule has 8 nitrogen and oxygen atoms in total. The second-order valence-corrected chi connectivity index (χ2v) is 9.92. The number of carbonyl (C=O) groups is 1. The van der Waals surface area contributed by atoms with E-state index in [4.69, 9.17) is 44.1 Å². The van der Waals surface area contributed by atoms with Crippen LogP contribution in [0.4, 0.5) is 5.69 Å². The van der Waals surface area contributed by atoms with Crippen molar-refractivity contribution in [2.75, 3.05) is 53.2 Å². The maximum absolute atomic E-state index is 12.8. The third kappa shape index (κ3) is 6.05. The Morgan fingerprint density at radius 2 is 1.55 bits per heavy atom. The first-order valence-electron chi connectivity index (χ1n) is 12.1. The van der Waals surface area contributed by atoms with Gasteiger partial charge in [-0.2, -0.15) is 4.99 Å². The smallest absolute Gasteiger partial charge is 0.278 e. The topological polar surface area (TPSA) is 106 Å². The summed E-state index contributed by atoms with van der Waals surface area (Å²) in [6.07, 6.45) is 0. The molecule has 4 rings (SSSR count). The van der Waals surface area contributed by atoms with Gasteiger partial charge in [0.25, 0.3) is 5.91 Å². The van der Waals surface area contributed by atoms with Crippen molar-refractivity contribution >= 4 is 40.6 Å². The van der Waals surface area contributed by atoms with Gasteiger partial charge >= 0.3 is 0 Å². The summed E-state index contributed by atoms with van der Waals surface area (Å²) in [6, 6.07) is 14.2. The van der Waals surface area contributed by atoms with Crippen molar-refractivity contribution in [3.8, 4) is 22.6 Å². The van der Waals surface area contributed by atoms with Gasteiger partial charge in [0.05, 0.1) is 24.3 Å². The molecule has 1 saturated heterocycles. The second kappa shape index (κ2) is 12.0. The Bertz CT molecular complexity index is 1330. The van der Waals surface area contributed by atoms with Crippen molar-refractivity contribution < 1.29 is 14.3 Å². The number of benzene rings is 3. The molecule has 3 aromatic carbocycles. The predicted molar refractivity (Wildman–Crippen MR) is 154 cm³/mol. The quantitative estimate of drug-likeness (QED) is 0.250. The summed E-state index contributed by atoms with van der Waals surface area (Å²) < 4.78 is 10.7. The van der Waals surface area contributed by atoms with Crippen molar-refractivity contribution in [1.29, 1.82) is 0 Å². The number of rotatable bonds is 7. The van der Waals surface area contributed by atoms with E-state index in [9.17, 15) is 4.79 Å². The molecule has 200 valence electrons. The van der Waals surface area contributed by atoms with E-state index in [0.717, 1.165) is 38.3 Å². The molecule has 0 saturated carbocycles. The molecular weight excluding hydrogens is 525 g/mol. The zero-order valence-corrected chi connectivity index (χ0v) is 23.1. The third-order valence-corrected chi connectivity index (χ3v) is 7.37. The number of aliphatic imine (C=N–C) groups is 1. The number of anilines is 1. The lowest BCUT2D eigenvalue weighted by molar-refractivity contribution is 0.100. The van der Waals surface area contributed by atoms with E-state index < -0.39 is 5.91 Å². The number of nitrogens with zero attached hydrogens (tertiary/aromatic N) is 3. The van der Waals surface area contributed by atoms with Gasteiger partial charge in [-0.25, -0.2) is 0 Å². The monoisotopic (exact) mass is 555 g/mol. The number of ether oxygens (including phenoxy) is 2. The molecule has 0 aromatic heterocycles. The van der Waals surface area contributed by atoms with Crippen LogP contribution >= 0.6 is 23.2 Å². The van der Waals surface area contributed by atoms with Crippen LogP contribution in [-0.4, -0.2) is 69.0 Å². The molecule has 0 aliphatic carbocycles. The Morgan fingerprint density at radius 3 is 2.11 bits per heavy atom. The van der Waals surface area contributed by atoms with Crippen LogP contribution in [0.5, 0.6) is 11.5 Å². The van der Waals surface area contributed by atoms with Crippen molar-refractivity contribution in [1.82, 2.24) is 9.80 Å². The third-order valence-electron chi connectivity index (χ3n) is 6.61. The van der Waals surface area contributed by atoms with Gasteiger partial charge in [0.2, 0.25) is 0 Å². The van der Waals surface area contributed by atoms with Gasteiger partial charge in [0, 0.05) is 61.2 Å². The van der Waals surface area contributed by atoms with Gasteiger partial charge in [-0.15, -0.1) is 0 Å². The zero-order chi connectivity index (χ0) is 27.4. The number of hydrogen-bond acceptors (Lipinski definition) is 6. The molecular formula is C28H31Cl2N5O3. The van der Waals surface area contributed by atoms with Crippen LogP contribution in [0.15, 0.2) is 53.5 Å². The molecule has 1 aliphatic rings. The van der Waals surface area contributed by atoms with Crippen molar-refractivity contribution in [3.63, 3.8) is 0 Å². The van der Waals surface area contributed by atoms with Gasteiger partial charge in [0.15, 0.2) is 0 Å². The zero-order valence-electron chi connectivity index (χ0n) is 21.6. The number of carbonyl (C=O) groups excluding carboxylic acids is 1. The number of likely N-dealkylation sites (N-methyl/N-ethyl adjacent to an activating group) is 1. The average molecular weight is 556 g/mol. The molecule has 0 atom stereocenters. The van der Waals surface area contributed by atoms with E-state index in [2.05, 4.69) is 21.8 Å². The molecule has 4 N–H and O–H groups in total. The first-order chi connectivity index (χ1) is 18.2. The Hall–Kier alpha value is -3.30. The van der Waals surface area contributed by atoms with Crippen LogP contribution in [-0.2, 0) is 6.54 Å². The molecule has 10 heteroatoms. The van der Waals surface area contributed by atoms with Crippen LogP contribution in [0.3, 0.4) is 0 Å². The number of methoxy groups -OCH3 is 2. The van der Waals surface area contributed by atoms with Gasteiger partial charge < -0.3 is 25.8 Å². The Morgan fingerprint density at radius 1 is 0.947 bits per heavy atom. The van der Waals surface area contributed by atoms with Crippen LogP contribution in [0.25, 0.3) is 11.1 Å². The fourth-order valence-electron chi connectivity index (χ4n) is 4.34. The molecule has 0 bridgehead atoms. The summed E-state index contributed by atoms with van der Waals surface area (Å²) in [5.41, 5.74) is 16.0. The van der Waals surface area contributed by atoms with Gasteiger partial charge in [0.1, 0.15) is 17.3 Å². The van der Waals surface area contributed by atoms with Crippen LogP contribution in [0, 0.1) is 0 Å². The molecule has 1 heterocycles. The van der Waals surface area contributed by atoms with Crippen LogP contribution < -0.4 is 20.9 Å². The summed E-state index contributed by atoms with van der Waals surface area (Å²) in [5.74, 6) is 0.389. The predicted octanol–water partition coefficient (Wildman–Crippen LogP) is 4.55. The minimum absolute atomic E-state index is 0.0148. The fraction of sp³-hybridized carbons (Fsp3) is 0.286. The average Bonchev–Trinajstić information content (AvgIpc) is 2.90. The highest BCUT2D eigenvalue weighted by Crippen LogP contribution is 2.46. The van der Waals surface area contributed by atoms with E-state index in [1.807, 2.05) is 12.1 Å². The van der Waals surface area contributed by atoms with E-state index in [1.54, 1.807) is 36.4 Å². The lowest BCUT2D eigenvalue weighted by Crippen LogP contribution is -2.43. The second-order valence-electron chi connectivity index (χ2n) is 9.16. The standard InChI is InChI=1S/C28H31Cl2N5O3/c1-34-10-12-35(13-11-34)16-17-4-6-18(7-5-17)28(36)33-27(32)20-9-8-19(14-21(20)31)24-25(29)22(37-2)15-23(38-3)26(24)30/h4-9,14-15H,10-13,16,31H2,1-3H3,(H2,32,33,36). The minimum Gasteiger partial charge on any atom is -0.495 e. The van der Waals surface area contributed by atoms with E-state index in [0.29, 0.717) is 49.5 Å². The van der Waals surface area contributed by atoms with Gasteiger partial charge in [-0.05, 0) is 42.4 Å².